The van der Waals surface area contributed by atoms with E-state index < -0.39 is 10.2 Å². The molecule has 0 spiro atoms. The van der Waals surface area contributed by atoms with Crippen LogP contribution >= 0.6 is 0 Å². The highest BCUT2D eigenvalue weighted by atomic mass is 32.2. The van der Waals surface area contributed by atoms with E-state index in [9.17, 15) is 18.0 Å². The van der Waals surface area contributed by atoms with Crippen molar-refractivity contribution in [2.75, 3.05) is 36.9 Å². The number of carbonyl (C=O) groups excluding carboxylic acids is 2. The first-order valence-corrected chi connectivity index (χ1v) is 12.8. The summed E-state index contributed by atoms with van der Waals surface area (Å²) in [7, 11) is -2.36. The fraction of sp³-hybridized carbons (Fsp3) is 0.652. The van der Waals surface area contributed by atoms with Crippen LogP contribution in [0.2, 0.25) is 0 Å². The topological polar surface area (TPSA) is 90.0 Å². The second-order valence-electron chi connectivity index (χ2n) is 9.41. The molecule has 1 N–H and O–H groups in total. The molecule has 0 saturated carbocycles. The standard InChI is InChI=1S/C23H38N4O4S/c1-17(2)11-13-26(14-12-18(3)4)32(30,31)25(6)16-23(29)27-19(5)15-22(28)24-20-9-7-8-10-21(20)27/h7-10,17-19H,11-16H2,1-6H3,(H,24,28). The van der Waals surface area contributed by atoms with Crippen LogP contribution < -0.4 is 10.2 Å². The molecular weight excluding hydrogens is 428 g/mol. The van der Waals surface area contributed by atoms with Crippen LogP contribution in [0.4, 0.5) is 11.4 Å². The van der Waals surface area contributed by atoms with Gasteiger partial charge in [0.05, 0.1) is 17.9 Å². The van der Waals surface area contributed by atoms with Gasteiger partial charge in [0.1, 0.15) is 0 Å². The van der Waals surface area contributed by atoms with Crippen molar-refractivity contribution in [2.45, 2.75) is 59.9 Å². The molecule has 2 amide bonds. The SMILES string of the molecule is CC(C)CCN(CCC(C)C)S(=O)(=O)N(C)CC(=O)N1c2ccccc2NC(=O)CC1C. The molecule has 2 rings (SSSR count). The molecule has 1 aliphatic heterocycles. The van der Waals surface area contributed by atoms with Crippen molar-refractivity contribution in [3.63, 3.8) is 0 Å². The Kier molecular flexibility index (Phi) is 9.24. The lowest BCUT2D eigenvalue weighted by atomic mass is 10.1. The Balaban J connectivity index is 2.23. The molecule has 1 aliphatic rings. The van der Waals surface area contributed by atoms with E-state index in [1.54, 1.807) is 31.2 Å². The Hall–Kier alpha value is -1.97. The lowest BCUT2D eigenvalue weighted by Gasteiger charge is -2.32. The fourth-order valence-corrected chi connectivity index (χ4v) is 5.00. The van der Waals surface area contributed by atoms with E-state index in [0.29, 0.717) is 36.3 Å². The minimum absolute atomic E-state index is 0.145. The summed E-state index contributed by atoms with van der Waals surface area (Å²) in [5, 5.41) is 2.82. The monoisotopic (exact) mass is 466 g/mol. The largest absolute Gasteiger partial charge is 0.324 e. The molecule has 180 valence electrons. The van der Waals surface area contributed by atoms with Crippen molar-refractivity contribution in [3.05, 3.63) is 24.3 Å². The van der Waals surface area contributed by atoms with Gasteiger partial charge in [-0.05, 0) is 43.7 Å². The summed E-state index contributed by atoms with van der Waals surface area (Å²) in [6.07, 6.45) is 1.65. The highest BCUT2D eigenvalue weighted by molar-refractivity contribution is 7.86. The number of fused-ring (bicyclic) bond motifs is 1. The predicted molar refractivity (Wildman–Crippen MR) is 129 cm³/mol. The zero-order valence-electron chi connectivity index (χ0n) is 20.2. The average molecular weight is 467 g/mol. The van der Waals surface area contributed by atoms with Crippen molar-refractivity contribution >= 4 is 33.4 Å². The molecule has 32 heavy (non-hydrogen) atoms. The number of anilines is 2. The zero-order chi connectivity index (χ0) is 24.1. The first-order valence-electron chi connectivity index (χ1n) is 11.4. The summed E-state index contributed by atoms with van der Waals surface area (Å²) >= 11 is 0. The molecule has 0 saturated heterocycles. The lowest BCUT2D eigenvalue weighted by Crippen LogP contribution is -2.49. The Morgan fingerprint density at radius 3 is 2.25 bits per heavy atom. The molecule has 0 aromatic heterocycles. The molecule has 0 aliphatic carbocycles. The molecule has 1 atom stereocenters. The van der Waals surface area contributed by atoms with Gasteiger partial charge in [-0.2, -0.15) is 17.0 Å². The van der Waals surface area contributed by atoms with Crippen LogP contribution in [0.5, 0.6) is 0 Å². The van der Waals surface area contributed by atoms with E-state index in [4.69, 9.17) is 0 Å². The van der Waals surface area contributed by atoms with Crippen LogP contribution in [-0.4, -0.2) is 61.6 Å². The second-order valence-corrected chi connectivity index (χ2v) is 11.4. The van der Waals surface area contributed by atoms with Gasteiger partial charge in [0, 0.05) is 32.6 Å². The number of amides is 2. The Bertz CT molecular complexity index is 889. The van der Waals surface area contributed by atoms with Gasteiger partial charge in [-0.15, -0.1) is 0 Å². The van der Waals surface area contributed by atoms with Gasteiger partial charge in [0.2, 0.25) is 11.8 Å². The highest BCUT2D eigenvalue weighted by Crippen LogP contribution is 2.31. The summed E-state index contributed by atoms with van der Waals surface area (Å²) in [5.41, 5.74) is 1.13. The molecule has 0 radical (unpaired) electrons. The first kappa shape index (κ1) is 26.3. The summed E-state index contributed by atoms with van der Waals surface area (Å²) < 4.78 is 29.3. The van der Waals surface area contributed by atoms with Gasteiger partial charge in [-0.3, -0.25) is 9.59 Å². The van der Waals surface area contributed by atoms with Crippen molar-refractivity contribution in [1.82, 2.24) is 8.61 Å². The molecule has 8 nitrogen and oxygen atoms in total. The van der Waals surface area contributed by atoms with Crippen LogP contribution in [0.15, 0.2) is 24.3 Å². The maximum atomic E-state index is 13.3. The van der Waals surface area contributed by atoms with E-state index in [2.05, 4.69) is 33.0 Å². The fourth-order valence-electron chi connectivity index (χ4n) is 3.66. The maximum Gasteiger partial charge on any atom is 0.282 e. The predicted octanol–water partition coefficient (Wildman–Crippen LogP) is 3.32. The normalized spacial score (nSPS) is 17.1. The first-order chi connectivity index (χ1) is 14.9. The van der Waals surface area contributed by atoms with Crippen LogP contribution in [0.1, 0.15) is 53.9 Å². The van der Waals surface area contributed by atoms with Crippen molar-refractivity contribution < 1.29 is 18.0 Å². The third kappa shape index (κ3) is 6.76. The third-order valence-electron chi connectivity index (χ3n) is 5.62. The summed E-state index contributed by atoms with van der Waals surface area (Å²) in [6.45, 7) is 10.6. The van der Waals surface area contributed by atoms with E-state index in [1.165, 1.54) is 16.3 Å². The average Bonchev–Trinajstić information content (AvgIpc) is 2.81. The number of likely N-dealkylation sites (N-methyl/N-ethyl adjacent to an activating group) is 1. The number of benzene rings is 1. The van der Waals surface area contributed by atoms with Crippen molar-refractivity contribution in [3.8, 4) is 0 Å². The Morgan fingerprint density at radius 2 is 1.69 bits per heavy atom. The number of carbonyl (C=O) groups is 2. The maximum absolute atomic E-state index is 13.3. The number of nitrogens with one attached hydrogen (secondary N) is 1. The number of hydrogen-bond donors (Lipinski definition) is 1. The highest BCUT2D eigenvalue weighted by Gasteiger charge is 2.33. The van der Waals surface area contributed by atoms with Gasteiger partial charge >= 0.3 is 0 Å². The second kappa shape index (κ2) is 11.2. The number of para-hydroxylation sites is 2. The van der Waals surface area contributed by atoms with Crippen molar-refractivity contribution in [1.29, 1.82) is 0 Å². The van der Waals surface area contributed by atoms with E-state index in [1.807, 2.05) is 0 Å². The van der Waals surface area contributed by atoms with E-state index in [0.717, 1.165) is 17.1 Å². The van der Waals surface area contributed by atoms with Gasteiger partial charge in [-0.25, -0.2) is 0 Å². The zero-order valence-corrected chi connectivity index (χ0v) is 21.0. The molecular formula is C23H38N4O4S. The van der Waals surface area contributed by atoms with Crippen LogP contribution in [0.25, 0.3) is 0 Å². The Morgan fingerprint density at radius 1 is 1.12 bits per heavy atom. The number of hydrogen-bond acceptors (Lipinski definition) is 4. The summed E-state index contributed by atoms with van der Waals surface area (Å²) in [6, 6.07) is 6.70. The number of rotatable bonds is 10. The molecule has 1 aromatic carbocycles. The summed E-state index contributed by atoms with van der Waals surface area (Å²) in [5.74, 6) is 0.214. The van der Waals surface area contributed by atoms with Crippen molar-refractivity contribution in [2.24, 2.45) is 11.8 Å². The molecule has 0 fully saturated rings. The quantitative estimate of drug-likeness (QED) is 0.573. The lowest BCUT2D eigenvalue weighted by molar-refractivity contribution is -0.119. The van der Waals surface area contributed by atoms with Gasteiger partial charge in [0.25, 0.3) is 10.2 Å². The molecule has 1 unspecified atom stereocenters. The van der Waals surface area contributed by atoms with E-state index >= 15 is 0 Å². The van der Waals surface area contributed by atoms with Crippen LogP contribution in [0, 0.1) is 11.8 Å². The van der Waals surface area contributed by atoms with E-state index in [-0.39, 0.29) is 30.8 Å². The Labute approximate surface area is 193 Å². The molecule has 0 bridgehead atoms. The molecule has 1 aromatic rings. The molecule has 9 heteroatoms. The molecule has 1 heterocycles. The summed E-state index contributed by atoms with van der Waals surface area (Å²) in [4.78, 5) is 27.0. The van der Waals surface area contributed by atoms with Gasteiger partial charge < -0.3 is 10.2 Å². The van der Waals surface area contributed by atoms with Gasteiger partial charge in [0.15, 0.2) is 0 Å². The van der Waals surface area contributed by atoms with Crippen LogP contribution in [0.3, 0.4) is 0 Å². The minimum Gasteiger partial charge on any atom is -0.324 e. The third-order valence-corrected chi connectivity index (χ3v) is 7.55. The smallest absolute Gasteiger partial charge is 0.282 e. The van der Waals surface area contributed by atoms with Gasteiger partial charge in [-0.1, -0.05) is 39.8 Å². The number of nitrogens with zero attached hydrogens (tertiary/aromatic N) is 3. The van der Waals surface area contributed by atoms with Crippen LogP contribution in [-0.2, 0) is 19.8 Å². The minimum atomic E-state index is -3.80.